The van der Waals surface area contributed by atoms with E-state index in [1.165, 1.54) is 7.11 Å². The second kappa shape index (κ2) is 9.93. The van der Waals surface area contributed by atoms with Crippen LogP contribution in [0.15, 0.2) is 67.0 Å². The minimum atomic E-state index is -0.364. The van der Waals surface area contributed by atoms with Crippen molar-refractivity contribution in [2.75, 3.05) is 27.4 Å². The van der Waals surface area contributed by atoms with Crippen LogP contribution in [0.2, 0.25) is 0 Å². The van der Waals surface area contributed by atoms with Gasteiger partial charge in [-0.25, -0.2) is 4.79 Å². The van der Waals surface area contributed by atoms with Gasteiger partial charge in [0.05, 0.1) is 30.5 Å². The van der Waals surface area contributed by atoms with Gasteiger partial charge in [-0.15, -0.1) is 0 Å². The number of ether oxygens (including phenoxy) is 2. The number of hydrogen-bond acceptors (Lipinski definition) is 5. The Kier molecular flexibility index (Phi) is 6.82. The van der Waals surface area contributed by atoms with E-state index < -0.39 is 0 Å². The molecule has 4 rings (SSSR count). The number of carbonyl (C=O) groups is 1. The van der Waals surface area contributed by atoms with Gasteiger partial charge in [-0.05, 0) is 61.1 Å². The maximum Gasteiger partial charge on any atom is 0.337 e. The van der Waals surface area contributed by atoms with Crippen molar-refractivity contribution in [1.82, 2.24) is 19.8 Å². The van der Waals surface area contributed by atoms with E-state index in [0.717, 1.165) is 30.0 Å². The summed E-state index contributed by atoms with van der Waals surface area (Å²) in [5.41, 5.74) is 3.35. The van der Waals surface area contributed by atoms with Crippen molar-refractivity contribution < 1.29 is 14.3 Å². The number of nitrogens with zero attached hydrogens (tertiary/aromatic N) is 3. The molecule has 0 aliphatic carbocycles. The van der Waals surface area contributed by atoms with Crippen molar-refractivity contribution >= 4 is 23.3 Å². The minimum absolute atomic E-state index is 0.0777. The van der Waals surface area contributed by atoms with Gasteiger partial charge in [-0.3, -0.25) is 4.98 Å². The zero-order chi connectivity index (χ0) is 22.5. The Morgan fingerprint density at radius 2 is 2.03 bits per heavy atom. The molecule has 0 radical (unpaired) electrons. The molecule has 0 saturated carbocycles. The molecule has 1 aromatic carbocycles. The van der Waals surface area contributed by atoms with Gasteiger partial charge >= 0.3 is 5.97 Å². The predicted molar refractivity (Wildman–Crippen MR) is 126 cm³/mol. The zero-order valence-electron chi connectivity index (χ0n) is 18.1. The van der Waals surface area contributed by atoms with Crippen molar-refractivity contribution in [2.45, 2.75) is 18.5 Å². The molecule has 32 heavy (non-hydrogen) atoms. The third-order valence-corrected chi connectivity index (χ3v) is 5.93. The maximum absolute atomic E-state index is 12.1. The van der Waals surface area contributed by atoms with Crippen LogP contribution in [0.25, 0.3) is 5.69 Å². The molecule has 1 N–H and O–H groups in total. The average Bonchev–Trinajstić information content (AvgIpc) is 3.44. The van der Waals surface area contributed by atoms with E-state index in [4.69, 9.17) is 21.7 Å². The van der Waals surface area contributed by atoms with E-state index >= 15 is 0 Å². The van der Waals surface area contributed by atoms with Crippen LogP contribution in [0.4, 0.5) is 0 Å². The van der Waals surface area contributed by atoms with Crippen molar-refractivity contribution in [3.05, 3.63) is 83.9 Å². The lowest BCUT2D eigenvalue weighted by atomic mass is 10.0. The molecular weight excluding hydrogens is 424 g/mol. The number of hydrogen-bond donors (Lipinski definition) is 1. The molecule has 7 nitrogen and oxygen atoms in total. The minimum Gasteiger partial charge on any atom is -0.465 e. The molecule has 8 heteroatoms. The third-order valence-electron chi connectivity index (χ3n) is 5.57. The fourth-order valence-corrected chi connectivity index (χ4v) is 4.45. The number of carbonyl (C=O) groups excluding carboxylic acids is 1. The Hall–Kier alpha value is -3.23. The van der Waals surface area contributed by atoms with E-state index in [1.54, 1.807) is 19.4 Å². The highest BCUT2D eigenvalue weighted by molar-refractivity contribution is 7.80. The van der Waals surface area contributed by atoms with Crippen molar-refractivity contribution in [3.63, 3.8) is 0 Å². The van der Waals surface area contributed by atoms with E-state index in [0.29, 0.717) is 17.3 Å². The number of methoxy groups -OCH3 is 2. The molecule has 2 aromatic heterocycles. The van der Waals surface area contributed by atoms with Crippen LogP contribution in [-0.2, 0) is 9.47 Å². The number of aromatic nitrogens is 2. The Balaban J connectivity index is 1.76. The maximum atomic E-state index is 12.1. The summed E-state index contributed by atoms with van der Waals surface area (Å²) in [5.74, 6) is -0.364. The molecule has 0 unspecified atom stereocenters. The number of rotatable bonds is 8. The van der Waals surface area contributed by atoms with E-state index in [1.807, 2.05) is 48.7 Å². The Bertz CT molecular complexity index is 1090. The van der Waals surface area contributed by atoms with Crippen LogP contribution in [0, 0.1) is 0 Å². The van der Waals surface area contributed by atoms with Crippen LogP contribution in [0.5, 0.6) is 0 Å². The summed E-state index contributed by atoms with van der Waals surface area (Å²) >= 11 is 5.72. The van der Waals surface area contributed by atoms with Gasteiger partial charge in [-0.2, -0.15) is 0 Å². The fraction of sp³-hybridized carbons (Fsp3) is 0.292. The first-order chi connectivity index (χ1) is 15.6. The van der Waals surface area contributed by atoms with Gasteiger partial charge in [0, 0.05) is 44.0 Å². The SMILES string of the molecule is COCCCN1C(=S)N[C@@H](c2ccccn2)[C@H]1c1cccn1-c1cccc(C(=O)OC)c1. The Morgan fingerprint density at radius 3 is 2.78 bits per heavy atom. The van der Waals surface area contributed by atoms with E-state index in [-0.39, 0.29) is 18.1 Å². The largest absolute Gasteiger partial charge is 0.465 e. The molecule has 3 heterocycles. The molecule has 1 fully saturated rings. The summed E-state index contributed by atoms with van der Waals surface area (Å²) in [6.45, 7) is 1.41. The smallest absolute Gasteiger partial charge is 0.337 e. The lowest BCUT2D eigenvalue weighted by Gasteiger charge is -2.29. The second-order valence-electron chi connectivity index (χ2n) is 7.51. The lowest BCUT2D eigenvalue weighted by molar-refractivity contribution is 0.0600. The number of benzene rings is 1. The first-order valence-electron chi connectivity index (χ1n) is 10.5. The van der Waals surface area contributed by atoms with Crippen LogP contribution < -0.4 is 5.32 Å². The molecule has 0 amide bonds. The molecule has 3 aromatic rings. The monoisotopic (exact) mass is 450 g/mol. The Labute approximate surface area is 193 Å². The molecular formula is C24H26N4O3S. The van der Waals surface area contributed by atoms with Gasteiger partial charge < -0.3 is 24.3 Å². The normalized spacial score (nSPS) is 17.9. The standard InChI is InChI=1S/C24H26N4O3S/c1-30-15-7-14-28-22(21(26-24(28)32)19-10-3-4-12-25-19)20-11-6-13-27(20)18-9-5-8-17(16-18)23(29)31-2/h3-6,8-13,16,21-22H,7,14-15H2,1-2H3,(H,26,32)/t21-,22+/m0/s1. The van der Waals surface area contributed by atoms with Gasteiger partial charge in [0.25, 0.3) is 0 Å². The molecule has 1 aliphatic heterocycles. The number of nitrogens with one attached hydrogen (secondary N) is 1. The topological polar surface area (TPSA) is 68.6 Å². The van der Waals surface area contributed by atoms with Gasteiger partial charge in [0.2, 0.25) is 0 Å². The second-order valence-corrected chi connectivity index (χ2v) is 7.90. The molecule has 1 saturated heterocycles. The van der Waals surface area contributed by atoms with Crippen LogP contribution in [0.3, 0.4) is 0 Å². The summed E-state index contributed by atoms with van der Waals surface area (Å²) in [5, 5.41) is 4.16. The highest BCUT2D eigenvalue weighted by atomic mass is 32.1. The van der Waals surface area contributed by atoms with E-state index in [2.05, 4.69) is 25.8 Å². The van der Waals surface area contributed by atoms with Crippen molar-refractivity contribution in [2.24, 2.45) is 0 Å². The van der Waals surface area contributed by atoms with Crippen LogP contribution in [-0.4, -0.2) is 52.9 Å². The summed E-state index contributed by atoms with van der Waals surface area (Å²) in [6, 6.07) is 17.2. The number of pyridine rings is 1. The summed E-state index contributed by atoms with van der Waals surface area (Å²) < 4.78 is 12.2. The predicted octanol–water partition coefficient (Wildman–Crippen LogP) is 3.67. The highest BCUT2D eigenvalue weighted by Crippen LogP contribution is 2.39. The first-order valence-corrected chi connectivity index (χ1v) is 10.9. The molecule has 0 bridgehead atoms. The van der Waals surface area contributed by atoms with Crippen molar-refractivity contribution in [1.29, 1.82) is 0 Å². The lowest BCUT2D eigenvalue weighted by Crippen LogP contribution is -2.32. The summed E-state index contributed by atoms with van der Waals surface area (Å²) in [4.78, 5) is 18.9. The molecule has 0 spiro atoms. The molecule has 2 atom stereocenters. The fourth-order valence-electron chi connectivity index (χ4n) is 4.12. The zero-order valence-corrected chi connectivity index (χ0v) is 18.9. The average molecular weight is 451 g/mol. The summed E-state index contributed by atoms with van der Waals surface area (Å²) in [6.07, 6.45) is 4.64. The first kappa shape index (κ1) is 22.0. The highest BCUT2D eigenvalue weighted by Gasteiger charge is 2.40. The summed E-state index contributed by atoms with van der Waals surface area (Å²) in [7, 11) is 3.09. The van der Waals surface area contributed by atoms with Gasteiger partial charge in [-0.1, -0.05) is 12.1 Å². The van der Waals surface area contributed by atoms with E-state index in [9.17, 15) is 4.79 Å². The quantitative estimate of drug-likeness (QED) is 0.319. The van der Waals surface area contributed by atoms with Crippen molar-refractivity contribution in [3.8, 4) is 5.69 Å². The Morgan fingerprint density at radius 1 is 1.16 bits per heavy atom. The van der Waals surface area contributed by atoms with Crippen LogP contribution in [0.1, 0.15) is 40.3 Å². The van der Waals surface area contributed by atoms with Gasteiger partial charge in [0.1, 0.15) is 0 Å². The number of esters is 1. The molecule has 1 aliphatic rings. The van der Waals surface area contributed by atoms with Gasteiger partial charge in [0.15, 0.2) is 5.11 Å². The number of thiocarbonyl (C=S) groups is 1. The molecule has 166 valence electrons. The third kappa shape index (κ3) is 4.37. The van der Waals surface area contributed by atoms with Crippen LogP contribution >= 0.6 is 12.2 Å².